The molecule has 4 heteroatoms. The molecule has 0 unspecified atom stereocenters. The zero-order valence-electron chi connectivity index (χ0n) is 12.5. The van der Waals surface area contributed by atoms with Crippen LogP contribution in [-0.2, 0) is 5.54 Å². The second kappa shape index (κ2) is 3.96. The summed E-state index contributed by atoms with van der Waals surface area (Å²) in [6.45, 7) is 6.65. The first kappa shape index (κ1) is 12.2. The molecule has 0 aromatic carbocycles. The van der Waals surface area contributed by atoms with Crippen LogP contribution in [-0.4, -0.2) is 19.3 Å². The summed E-state index contributed by atoms with van der Waals surface area (Å²) in [4.78, 5) is 0. The van der Waals surface area contributed by atoms with Gasteiger partial charge < -0.3 is 9.13 Å². The molecule has 2 heterocycles. The van der Waals surface area contributed by atoms with Gasteiger partial charge in [0.2, 0.25) is 0 Å². The summed E-state index contributed by atoms with van der Waals surface area (Å²) in [5.41, 5.74) is 1.13. The van der Waals surface area contributed by atoms with Gasteiger partial charge in [-0.15, -0.1) is 10.2 Å². The van der Waals surface area contributed by atoms with Crippen molar-refractivity contribution in [1.29, 1.82) is 0 Å². The molecule has 0 aliphatic heterocycles. The van der Waals surface area contributed by atoms with Crippen molar-refractivity contribution in [3.63, 3.8) is 0 Å². The van der Waals surface area contributed by atoms with Crippen molar-refractivity contribution in [2.24, 2.45) is 0 Å². The van der Waals surface area contributed by atoms with Gasteiger partial charge in [0.1, 0.15) is 5.82 Å². The van der Waals surface area contributed by atoms with Crippen molar-refractivity contribution >= 4 is 0 Å². The molecule has 0 N–H and O–H groups in total. The predicted molar refractivity (Wildman–Crippen MR) is 77.9 cm³/mol. The van der Waals surface area contributed by atoms with Crippen LogP contribution in [0.1, 0.15) is 68.8 Å². The zero-order valence-corrected chi connectivity index (χ0v) is 12.5. The molecular weight excluding hydrogens is 248 g/mol. The number of aromatic nitrogens is 4. The average Bonchev–Trinajstić information content (AvgIpc) is 3.34. The molecule has 4 nitrogen and oxygen atoms in total. The van der Waals surface area contributed by atoms with Gasteiger partial charge in [-0.2, -0.15) is 0 Å². The van der Waals surface area contributed by atoms with Crippen molar-refractivity contribution in [1.82, 2.24) is 19.3 Å². The third-order valence-corrected chi connectivity index (χ3v) is 4.68. The highest BCUT2D eigenvalue weighted by Gasteiger charge is 2.40. The van der Waals surface area contributed by atoms with E-state index in [0.29, 0.717) is 12.0 Å². The fraction of sp³-hybridized carbons (Fsp3) is 0.625. The van der Waals surface area contributed by atoms with Crippen LogP contribution >= 0.6 is 0 Å². The Balaban J connectivity index is 1.83. The average molecular weight is 270 g/mol. The van der Waals surface area contributed by atoms with Gasteiger partial charge in [-0.1, -0.05) is 0 Å². The van der Waals surface area contributed by atoms with Crippen molar-refractivity contribution < 1.29 is 0 Å². The number of hydrogen-bond acceptors (Lipinski definition) is 2. The molecule has 2 fully saturated rings. The lowest BCUT2D eigenvalue weighted by Crippen LogP contribution is -2.32. The SMILES string of the molecule is Cc1cccn1C(C)(C)c1nnc(C2CC2)n1C1CC1. The van der Waals surface area contributed by atoms with Crippen LogP contribution < -0.4 is 0 Å². The quantitative estimate of drug-likeness (QED) is 0.853. The summed E-state index contributed by atoms with van der Waals surface area (Å²) in [5, 5.41) is 9.14. The highest BCUT2D eigenvalue weighted by Crippen LogP contribution is 2.46. The maximum absolute atomic E-state index is 4.60. The minimum absolute atomic E-state index is 0.143. The van der Waals surface area contributed by atoms with Crippen LogP contribution in [0.15, 0.2) is 18.3 Å². The molecule has 0 saturated heterocycles. The lowest BCUT2D eigenvalue weighted by molar-refractivity contribution is 0.380. The second-order valence-electron chi connectivity index (χ2n) is 6.84. The number of rotatable bonds is 4. The van der Waals surface area contributed by atoms with Crippen LogP contribution in [0.3, 0.4) is 0 Å². The summed E-state index contributed by atoms with van der Waals surface area (Å²) < 4.78 is 4.77. The van der Waals surface area contributed by atoms with Crippen molar-refractivity contribution in [2.75, 3.05) is 0 Å². The standard InChI is InChI=1S/C16H22N4/c1-11-5-4-10-19(11)16(2,3)15-18-17-14(12-6-7-12)20(15)13-8-9-13/h4-5,10,12-13H,6-9H2,1-3H3. The molecule has 2 aromatic rings. The summed E-state index contributed by atoms with van der Waals surface area (Å²) in [6, 6.07) is 4.91. The first-order valence-corrected chi connectivity index (χ1v) is 7.69. The largest absolute Gasteiger partial charge is 0.339 e. The summed E-state index contributed by atoms with van der Waals surface area (Å²) in [6.07, 6.45) is 7.29. The minimum atomic E-state index is -0.143. The van der Waals surface area contributed by atoms with Crippen LogP contribution in [0.25, 0.3) is 0 Å². The van der Waals surface area contributed by atoms with Gasteiger partial charge in [0.05, 0.1) is 5.54 Å². The summed E-state index contributed by atoms with van der Waals surface area (Å²) in [5.74, 6) is 3.03. The summed E-state index contributed by atoms with van der Waals surface area (Å²) in [7, 11) is 0. The molecule has 106 valence electrons. The van der Waals surface area contributed by atoms with Crippen LogP contribution in [0.2, 0.25) is 0 Å². The Hall–Kier alpha value is -1.58. The molecular formula is C16H22N4. The van der Waals surface area contributed by atoms with E-state index in [1.807, 2.05) is 0 Å². The molecule has 2 aromatic heterocycles. The Labute approximate surface area is 119 Å². The molecule has 4 rings (SSSR count). The third-order valence-electron chi connectivity index (χ3n) is 4.68. The number of nitrogens with zero attached hydrogens (tertiary/aromatic N) is 4. The lowest BCUT2D eigenvalue weighted by atomic mass is 10.0. The lowest BCUT2D eigenvalue weighted by Gasteiger charge is -2.28. The van der Waals surface area contributed by atoms with E-state index in [4.69, 9.17) is 0 Å². The Morgan fingerprint density at radius 2 is 1.90 bits per heavy atom. The second-order valence-corrected chi connectivity index (χ2v) is 6.84. The number of hydrogen-bond donors (Lipinski definition) is 0. The Kier molecular flexibility index (Phi) is 2.41. The van der Waals surface area contributed by atoms with Gasteiger partial charge in [-0.25, -0.2) is 0 Å². The molecule has 0 radical (unpaired) electrons. The molecule has 2 aliphatic carbocycles. The smallest absolute Gasteiger partial charge is 0.159 e. The molecule has 0 amide bonds. The van der Waals surface area contributed by atoms with E-state index in [-0.39, 0.29) is 5.54 Å². The van der Waals surface area contributed by atoms with Crippen LogP contribution in [0.4, 0.5) is 0 Å². The van der Waals surface area contributed by atoms with Gasteiger partial charge >= 0.3 is 0 Å². The fourth-order valence-electron chi connectivity index (χ4n) is 3.23. The van der Waals surface area contributed by atoms with E-state index in [0.717, 1.165) is 5.82 Å². The first-order valence-electron chi connectivity index (χ1n) is 7.69. The molecule has 2 aliphatic rings. The van der Waals surface area contributed by atoms with Crippen LogP contribution in [0.5, 0.6) is 0 Å². The van der Waals surface area contributed by atoms with E-state index in [9.17, 15) is 0 Å². The van der Waals surface area contributed by atoms with E-state index >= 15 is 0 Å². The zero-order chi connectivity index (χ0) is 13.9. The monoisotopic (exact) mass is 270 g/mol. The highest BCUT2D eigenvalue weighted by molar-refractivity contribution is 5.20. The van der Waals surface area contributed by atoms with Crippen molar-refractivity contribution in [2.45, 2.75) is 64.0 Å². The normalized spacial score (nSPS) is 19.6. The minimum Gasteiger partial charge on any atom is -0.339 e. The van der Waals surface area contributed by atoms with Gasteiger partial charge in [0.15, 0.2) is 5.82 Å². The summed E-state index contributed by atoms with van der Waals surface area (Å²) >= 11 is 0. The molecule has 0 spiro atoms. The fourth-order valence-corrected chi connectivity index (χ4v) is 3.23. The Morgan fingerprint density at radius 3 is 2.45 bits per heavy atom. The first-order chi connectivity index (χ1) is 9.59. The number of aryl methyl sites for hydroxylation is 1. The van der Waals surface area contributed by atoms with E-state index in [1.54, 1.807) is 0 Å². The topological polar surface area (TPSA) is 35.6 Å². The third kappa shape index (κ3) is 1.74. The van der Waals surface area contributed by atoms with Crippen LogP contribution in [0, 0.1) is 6.92 Å². The van der Waals surface area contributed by atoms with Gasteiger partial charge in [0.25, 0.3) is 0 Å². The van der Waals surface area contributed by atoms with E-state index in [1.165, 1.54) is 37.2 Å². The van der Waals surface area contributed by atoms with Gasteiger partial charge in [-0.3, -0.25) is 0 Å². The molecule has 0 atom stereocenters. The Bertz CT molecular complexity index is 641. The highest BCUT2D eigenvalue weighted by atomic mass is 15.3. The molecule has 2 saturated carbocycles. The predicted octanol–water partition coefficient (Wildman–Crippen LogP) is 3.38. The maximum Gasteiger partial charge on any atom is 0.159 e. The van der Waals surface area contributed by atoms with Gasteiger partial charge in [0, 0.05) is 23.9 Å². The molecule has 20 heavy (non-hydrogen) atoms. The van der Waals surface area contributed by atoms with E-state index < -0.39 is 0 Å². The Morgan fingerprint density at radius 1 is 1.15 bits per heavy atom. The van der Waals surface area contributed by atoms with Crippen molar-refractivity contribution in [3.8, 4) is 0 Å². The van der Waals surface area contributed by atoms with Gasteiger partial charge in [-0.05, 0) is 58.6 Å². The van der Waals surface area contributed by atoms with Crippen molar-refractivity contribution in [3.05, 3.63) is 35.7 Å². The maximum atomic E-state index is 4.60. The molecule has 0 bridgehead atoms. The van der Waals surface area contributed by atoms with E-state index in [2.05, 4.69) is 58.4 Å².